The molecule has 7 heteroatoms. The fourth-order valence-corrected chi connectivity index (χ4v) is 4.49. The van der Waals surface area contributed by atoms with Crippen molar-refractivity contribution >= 4 is 51.4 Å². The molecule has 3 rings (SSSR count). The number of thiocarbonyl (C=S) groups is 1. The van der Waals surface area contributed by atoms with E-state index in [0.29, 0.717) is 18.1 Å². The van der Waals surface area contributed by atoms with Crippen LogP contribution in [0.15, 0.2) is 36.4 Å². The summed E-state index contributed by atoms with van der Waals surface area (Å²) in [5.41, 5.74) is 2.80. The van der Waals surface area contributed by atoms with Crippen LogP contribution in [0.5, 0.6) is 11.5 Å². The molecule has 160 valence electrons. The highest BCUT2D eigenvalue weighted by Gasteiger charge is 2.20. The Hall–Kier alpha value is -1.87. The molecule has 1 aliphatic heterocycles. The lowest BCUT2D eigenvalue weighted by molar-refractivity contribution is -0.118. The summed E-state index contributed by atoms with van der Waals surface area (Å²) >= 11 is 7.95. The fraction of sp³-hybridized carbons (Fsp3) is 0.391. The van der Waals surface area contributed by atoms with E-state index in [-0.39, 0.29) is 12.5 Å². The Kier molecular flexibility index (Phi) is 8.32. The summed E-state index contributed by atoms with van der Waals surface area (Å²) in [5.74, 6) is 0.968. The van der Waals surface area contributed by atoms with Gasteiger partial charge in [0.2, 0.25) is 0 Å². The van der Waals surface area contributed by atoms with Crippen molar-refractivity contribution in [1.82, 2.24) is 4.90 Å². The number of benzene rings is 2. The summed E-state index contributed by atoms with van der Waals surface area (Å²) in [6, 6.07) is 11.6. The number of hydrogen-bond donors (Lipinski definition) is 1. The summed E-state index contributed by atoms with van der Waals surface area (Å²) in [7, 11) is 0. The maximum absolute atomic E-state index is 12.4. The lowest BCUT2D eigenvalue weighted by Crippen LogP contribution is -2.35. The van der Waals surface area contributed by atoms with Crippen LogP contribution in [0.3, 0.4) is 0 Å². The van der Waals surface area contributed by atoms with Gasteiger partial charge in [-0.25, -0.2) is 0 Å². The molecule has 2 aromatic carbocycles. The molecule has 1 saturated heterocycles. The Morgan fingerprint density at radius 3 is 2.63 bits per heavy atom. The Balaban J connectivity index is 1.71. The normalized spacial score (nSPS) is 13.6. The van der Waals surface area contributed by atoms with E-state index in [0.717, 1.165) is 38.5 Å². The minimum Gasteiger partial charge on any atom is -0.490 e. The molecular weight excluding hydrogens is 511 g/mol. The van der Waals surface area contributed by atoms with E-state index in [1.165, 1.54) is 19.3 Å². The van der Waals surface area contributed by atoms with Gasteiger partial charge in [-0.15, -0.1) is 0 Å². The van der Waals surface area contributed by atoms with E-state index in [2.05, 4.69) is 32.8 Å². The van der Waals surface area contributed by atoms with Gasteiger partial charge in [-0.3, -0.25) is 4.79 Å². The fourth-order valence-electron chi connectivity index (χ4n) is 3.43. The first-order valence-electron chi connectivity index (χ1n) is 10.2. The molecule has 2 aromatic rings. The van der Waals surface area contributed by atoms with Crippen LogP contribution in [0.25, 0.3) is 0 Å². The molecule has 30 heavy (non-hydrogen) atoms. The van der Waals surface area contributed by atoms with Crippen molar-refractivity contribution in [2.24, 2.45) is 0 Å². The van der Waals surface area contributed by atoms with Crippen LogP contribution in [0, 0.1) is 10.5 Å². The number of carbonyl (C=O) groups excluding carboxylic acids is 1. The maximum atomic E-state index is 12.4. The number of piperidine rings is 1. The van der Waals surface area contributed by atoms with Crippen molar-refractivity contribution in [3.05, 3.63) is 51.1 Å². The van der Waals surface area contributed by atoms with Crippen molar-refractivity contribution in [1.29, 1.82) is 0 Å². The van der Waals surface area contributed by atoms with Crippen LogP contribution in [-0.2, 0) is 4.79 Å². The Labute approximate surface area is 197 Å². The third kappa shape index (κ3) is 6.07. The first kappa shape index (κ1) is 22.8. The highest BCUT2D eigenvalue weighted by atomic mass is 127. The molecule has 0 bridgehead atoms. The first-order valence-corrected chi connectivity index (χ1v) is 11.7. The number of ether oxygens (including phenoxy) is 2. The van der Waals surface area contributed by atoms with Crippen LogP contribution in [0.1, 0.15) is 37.3 Å². The van der Waals surface area contributed by atoms with Gasteiger partial charge in [0.15, 0.2) is 18.1 Å². The zero-order valence-electron chi connectivity index (χ0n) is 17.4. The molecule has 1 aliphatic rings. The Morgan fingerprint density at radius 1 is 1.17 bits per heavy atom. The SMILES string of the molecule is CCOc1cc(C(=S)N2CCCCC2)cc(I)c1OCC(=O)Nc1cccc(C)c1. The number of carbonyl (C=O) groups is 1. The number of halogens is 1. The largest absolute Gasteiger partial charge is 0.490 e. The highest BCUT2D eigenvalue weighted by molar-refractivity contribution is 14.1. The molecule has 1 heterocycles. The highest BCUT2D eigenvalue weighted by Crippen LogP contribution is 2.35. The average Bonchev–Trinajstić information content (AvgIpc) is 2.73. The Morgan fingerprint density at radius 2 is 1.93 bits per heavy atom. The molecule has 0 atom stereocenters. The monoisotopic (exact) mass is 538 g/mol. The minimum atomic E-state index is -0.216. The van der Waals surface area contributed by atoms with E-state index in [4.69, 9.17) is 21.7 Å². The van der Waals surface area contributed by atoms with Crippen molar-refractivity contribution in [2.75, 3.05) is 31.6 Å². The molecule has 0 spiro atoms. The number of hydrogen-bond acceptors (Lipinski definition) is 4. The topological polar surface area (TPSA) is 50.8 Å². The van der Waals surface area contributed by atoms with Gasteiger partial charge in [0.1, 0.15) is 4.99 Å². The summed E-state index contributed by atoms with van der Waals surface area (Å²) in [6.45, 7) is 6.31. The quantitative estimate of drug-likeness (QED) is 0.389. The van der Waals surface area contributed by atoms with Gasteiger partial charge < -0.3 is 19.7 Å². The van der Waals surface area contributed by atoms with Gasteiger partial charge in [-0.05, 0) is 85.5 Å². The van der Waals surface area contributed by atoms with Crippen LogP contribution >= 0.6 is 34.8 Å². The number of aryl methyl sites for hydroxylation is 1. The molecular formula is C23H27IN2O3S. The summed E-state index contributed by atoms with van der Waals surface area (Å²) in [5, 5.41) is 2.86. The van der Waals surface area contributed by atoms with E-state index >= 15 is 0 Å². The lowest BCUT2D eigenvalue weighted by atomic mass is 10.1. The second kappa shape index (κ2) is 10.9. The standard InChI is InChI=1S/C23H27IN2O3S/c1-3-28-20-14-17(23(30)26-10-5-4-6-11-26)13-19(24)22(20)29-15-21(27)25-18-9-7-8-16(2)12-18/h7-9,12-14H,3-6,10-11,15H2,1-2H3,(H,25,27). The number of nitrogens with zero attached hydrogens (tertiary/aromatic N) is 1. The van der Waals surface area contributed by atoms with Gasteiger partial charge in [0, 0.05) is 24.3 Å². The summed E-state index contributed by atoms with van der Waals surface area (Å²) < 4.78 is 12.6. The first-order chi connectivity index (χ1) is 14.5. The smallest absolute Gasteiger partial charge is 0.262 e. The van der Waals surface area contributed by atoms with Crippen molar-refractivity contribution < 1.29 is 14.3 Å². The second-order valence-electron chi connectivity index (χ2n) is 7.28. The number of nitrogens with one attached hydrogen (secondary N) is 1. The van der Waals surface area contributed by atoms with E-state index in [1.807, 2.05) is 50.2 Å². The second-order valence-corrected chi connectivity index (χ2v) is 8.83. The lowest BCUT2D eigenvalue weighted by Gasteiger charge is -2.29. The molecule has 0 radical (unpaired) electrons. The molecule has 5 nitrogen and oxygen atoms in total. The van der Waals surface area contributed by atoms with E-state index in [9.17, 15) is 4.79 Å². The zero-order valence-corrected chi connectivity index (χ0v) is 20.3. The maximum Gasteiger partial charge on any atom is 0.262 e. The van der Waals surface area contributed by atoms with Gasteiger partial charge >= 0.3 is 0 Å². The van der Waals surface area contributed by atoms with Crippen molar-refractivity contribution in [3.63, 3.8) is 0 Å². The number of amides is 1. The summed E-state index contributed by atoms with van der Waals surface area (Å²) in [4.78, 5) is 15.5. The predicted octanol–water partition coefficient (Wildman–Crippen LogP) is 5.18. The molecule has 1 amide bonds. The predicted molar refractivity (Wildman–Crippen MR) is 133 cm³/mol. The van der Waals surface area contributed by atoms with Gasteiger partial charge in [-0.2, -0.15) is 0 Å². The minimum absolute atomic E-state index is 0.0973. The number of rotatable bonds is 7. The van der Waals surface area contributed by atoms with E-state index in [1.54, 1.807) is 0 Å². The average molecular weight is 538 g/mol. The van der Waals surface area contributed by atoms with E-state index < -0.39 is 0 Å². The molecule has 0 unspecified atom stereocenters. The van der Waals surface area contributed by atoms with Gasteiger partial charge in [0.05, 0.1) is 10.2 Å². The van der Waals surface area contributed by atoms with Crippen LogP contribution < -0.4 is 14.8 Å². The molecule has 0 aromatic heterocycles. The number of likely N-dealkylation sites (tertiary alicyclic amines) is 1. The number of anilines is 1. The van der Waals surface area contributed by atoms with Crippen LogP contribution in [0.4, 0.5) is 5.69 Å². The molecule has 1 N–H and O–H groups in total. The van der Waals surface area contributed by atoms with Crippen molar-refractivity contribution in [3.8, 4) is 11.5 Å². The molecule has 0 saturated carbocycles. The third-order valence-electron chi connectivity index (χ3n) is 4.85. The molecule has 1 fully saturated rings. The van der Waals surface area contributed by atoms with Crippen LogP contribution in [0.2, 0.25) is 0 Å². The molecule has 0 aliphatic carbocycles. The summed E-state index contributed by atoms with van der Waals surface area (Å²) in [6.07, 6.45) is 3.61. The van der Waals surface area contributed by atoms with Gasteiger partial charge in [-0.1, -0.05) is 24.4 Å². The van der Waals surface area contributed by atoms with Crippen LogP contribution in [-0.4, -0.2) is 42.1 Å². The zero-order chi connectivity index (χ0) is 21.5. The third-order valence-corrected chi connectivity index (χ3v) is 6.14. The van der Waals surface area contributed by atoms with Crippen molar-refractivity contribution in [2.45, 2.75) is 33.1 Å². The Bertz CT molecular complexity index is 913. The van der Waals surface area contributed by atoms with Gasteiger partial charge in [0.25, 0.3) is 5.91 Å².